The van der Waals surface area contributed by atoms with Crippen LogP contribution in [-0.4, -0.2) is 31.6 Å². The number of hydrogen-bond donors (Lipinski definition) is 1. The van der Waals surface area contributed by atoms with Crippen LogP contribution in [0.5, 0.6) is 0 Å². The number of aromatic nitrogens is 4. The van der Waals surface area contributed by atoms with Crippen LogP contribution in [0, 0.1) is 11.3 Å². The average molecular weight is 515 g/mol. The molecule has 9 heteroatoms. The molecule has 1 aromatic carbocycles. The van der Waals surface area contributed by atoms with Gasteiger partial charge in [0, 0.05) is 18.7 Å². The first-order valence-corrected chi connectivity index (χ1v) is 12.4. The molecule has 2 aliphatic carbocycles. The van der Waals surface area contributed by atoms with E-state index in [4.69, 9.17) is 9.72 Å². The van der Waals surface area contributed by atoms with Crippen LogP contribution in [-0.2, 0) is 9.53 Å². The van der Waals surface area contributed by atoms with Gasteiger partial charge in [0.25, 0.3) is 0 Å². The standard InChI is InChI=1S/C28H26N6O2.ClH/c1-17(35)36-26-4-2-3-24(26)34-16-31-22-8-7-20(13-25(22)34)23-12-21(19-5-6-19)14-28(32-23)33-27-11-18(15-29)9-10-30-27;/h7-14,16,19,24,26H,2-6H2,1H3,(H,30,32,33);1H/t24-,26-;/m1./s1. The molecule has 2 atom stereocenters. The second kappa shape index (κ2) is 10.2. The minimum atomic E-state index is -0.243. The molecular weight excluding hydrogens is 488 g/mol. The molecule has 0 aliphatic heterocycles. The van der Waals surface area contributed by atoms with Gasteiger partial charge in [-0.25, -0.2) is 15.0 Å². The molecule has 4 aromatic rings. The van der Waals surface area contributed by atoms with E-state index in [-0.39, 0.29) is 30.5 Å². The number of imidazole rings is 1. The molecule has 3 aromatic heterocycles. The lowest BCUT2D eigenvalue weighted by Gasteiger charge is -2.21. The van der Waals surface area contributed by atoms with Crippen molar-refractivity contribution in [3.05, 3.63) is 66.1 Å². The van der Waals surface area contributed by atoms with Crippen LogP contribution in [0.25, 0.3) is 22.3 Å². The van der Waals surface area contributed by atoms with Crippen molar-refractivity contribution >= 4 is 41.0 Å². The van der Waals surface area contributed by atoms with Gasteiger partial charge in [-0.3, -0.25) is 4.79 Å². The molecule has 6 rings (SSSR count). The first kappa shape index (κ1) is 24.7. The normalized spacial score (nSPS) is 18.7. The summed E-state index contributed by atoms with van der Waals surface area (Å²) in [6.45, 7) is 1.47. The summed E-state index contributed by atoms with van der Waals surface area (Å²) in [5.74, 6) is 1.60. The number of carbonyl (C=O) groups is 1. The molecule has 0 saturated heterocycles. The lowest BCUT2D eigenvalue weighted by molar-refractivity contribution is -0.147. The molecule has 0 radical (unpaired) electrons. The quantitative estimate of drug-likeness (QED) is 0.311. The van der Waals surface area contributed by atoms with E-state index >= 15 is 0 Å². The highest BCUT2D eigenvalue weighted by Gasteiger charge is 2.32. The summed E-state index contributed by atoms with van der Waals surface area (Å²) in [4.78, 5) is 25.5. The maximum Gasteiger partial charge on any atom is 0.302 e. The third-order valence-corrected chi connectivity index (χ3v) is 7.00. The van der Waals surface area contributed by atoms with Gasteiger partial charge in [-0.05, 0) is 80.0 Å². The van der Waals surface area contributed by atoms with Crippen LogP contribution in [0.15, 0.2) is 55.0 Å². The molecule has 0 unspecified atom stereocenters. The first-order chi connectivity index (χ1) is 17.6. The molecule has 3 heterocycles. The number of anilines is 2. The summed E-state index contributed by atoms with van der Waals surface area (Å²) in [5, 5.41) is 12.5. The number of nitriles is 1. The van der Waals surface area contributed by atoms with Crippen LogP contribution in [0.1, 0.15) is 62.1 Å². The summed E-state index contributed by atoms with van der Waals surface area (Å²) >= 11 is 0. The molecule has 1 N–H and O–H groups in total. The second-order valence-electron chi connectivity index (χ2n) is 9.61. The summed E-state index contributed by atoms with van der Waals surface area (Å²) < 4.78 is 7.77. The SMILES string of the molecule is CC(=O)O[C@@H]1CCC[C@H]1n1cnc2ccc(-c3cc(C4CC4)cc(Nc4cc(C#N)ccn4)n3)cc21.Cl. The van der Waals surface area contributed by atoms with Gasteiger partial charge in [0.15, 0.2) is 0 Å². The number of fused-ring (bicyclic) bond motifs is 1. The number of rotatable bonds is 6. The fourth-order valence-corrected chi connectivity index (χ4v) is 5.14. The monoisotopic (exact) mass is 514 g/mol. The Hall–Kier alpha value is -3.96. The predicted molar refractivity (Wildman–Crippen MR) is 143 cm³/mol. The maximum atomic E-state index is 11.6. The van der Waals surface area contributed by atoms with E-state index in [0.717, 1.165) is 41.6 Å². The van der Waals surface area contributed by atoms with Gasteiger partial charge < -0.3 is 14.6 Å². The first-order valence-electron chi connectivity index (χ1n) is 12.4. The molecule has 0 bridgehead atoms. The van der Waals surface area contributed by atoms with E-state index < -0.39 is 0 Å². The molecule has 8 nitrogen and oxygen atoms in total. The molecule has 2 saturated carbocycles. The zero-order valence-electron chi connectivity index (χ0n) is 20.4. The summed E-state index contributed by atoms with van der Waals surface area (Å²) in [7, 11) is 0. The Balaban J connectivity index is 0.00000280. The number of nitrogens with one attached hydrogen (secondary N) is 1. The second-order valence-corrected chi connectivity index (χ2v) is 9.61. The van der Waals surface area contributed by atoms with E-state index in [1.807, 2.05) is 12.4 Å². The lowest BCUT2D eigenvalue weighted by atomic mass is 10.1. The lowest BCUT2D eigenvalue weighted by Crippen LogP contribution is -2.23. The Bertz CT molecular complexity index is 1510. The molecule has 0 amide bonds. The van der Waals surface area contributed by atoms with Crippen LogP contribution >= 0.6 is 12.4 Å². The van der Waals surface area contributed by atoms with Gasteiger partial charge in [0.2, 0.25) is 0 Å². The van der Waals surface area contributed by atoms with Crippen LogP contribution in [0.2, 0.25) is 0 Å². The third kappa shape index (κ3) is 5.13. The number of hydrogen-bond acceptors (Lipinski definition) is 7. The number of esters is 1. The number of benzene rings is 1. The maximum absolute atomic E-state index is 11.6. The predicted octanol–water partition coefficient (Wildman–Crippen LogP) is 6.06. The zero-order valence-corrected chi connectivity index (χ0v) is 21.2. The number of nitrogens with zero attached hydrogens (tertiary/aromatic N) is 5. The van der Waals surface area contributed by atoms with Crippen molar-refractivity contribution in [3.8, 4) is 17.3 Å². The minimum absolute atomic E-state index is 0. The Morgan fingerprint density at radius 2 is 1.95 bits per heavy atom. The minimum Gasteiger partial charge on any atom is -0.460 e. The van der Waals surface area contributed by atoms with Gasteiger partial charge in [-0.1, -0.05) is 6.07 Å². The van der Waals surface area contributed by atoms with Gasteiger partial charge >= 0.3 is 5.97 Å². The van der Waals surface area contributed by atoms with Crippen LogP contribution < -0.4 is 5.32 Å². The van der Waals surface area contributed by atoms with Crippen LogP contribution in [0.3, 0.4) is 0 Å². The number of pyridine rings is 2. The van der Waals surface area contributed by atoms with E-state index in [1.165, 1.54) is 25.3 Å². The largest absolute Gasteiger partial charge is 0.460 e. The zero-order chi connectivity index (χ0) is 24.6. The fraction of sp³-hybridized carbons (Fsp3) is 0.321. The van der Waals surface area contributed by atoms with Crippen molar-refractivity contribution in [1.82, 2.24) is 19.5 Å². The molecule has 2 fully saturated rings. The molecular formula is C28H27ClN6O2. The highest BCUT2D eigenvalue weighted by molar-refractivity contribution is 5.85. The highest BCUT2D eigenvalue weighted by atomic mass is 35.5. The van der Waals surface area contributed by atoms with Crippen molar-refractivity contribution < 1.29 is 9.53 Å². The van der Waals surface area contributed by atoms with Crippen molar-refractivity contribution in [2.45, 2.75) is 57.1 Å². The summed E-state index contributed by atoms with van der Waals surface area (Å²) in [5.41, 5.74) is 5.57. The van der Waals surface area contributed by atoms with Crippen molar-refractivity contribution in [3.63, 3.8) is 0 Å². The molecule has 37 heavy (non-hydrogen) atoms. The van der Waals surface area contributed by atoms with Crippen LogP contribution in [0.4, 0.5) is 11.6 Å². The number of ether oxygens (including phenoxy) is 1. The van der Waals surface area contributed by atoms with Gasteiger partial charge in [0.05, 0.1) is 40.7 Å². The van der Waals surface area contributed by atoms with E-state index in [9.17, 15) is 10.1 Å². The van der Waals surface area contributed by atoms with Crippen molar-refractivity contribution in [2.75, 3.05) is 5.32 Å². The third-order valence-electron chi connectivity index (χ3n) is 7.00. The smallest absolute Gasteiger partial charge is 0.302 e. The average Bonchev–Trinajstić information content (AvgIpc) is 3.51. The topological polar surface area (TPSA) is 106 Å². The van der Waals surface area contributed by atoms with Gasteiger partial charge in [0.1, 0.15) is 17.7 Å². The Kier molecular flexibility index (Phi) is 6.81. The van der Waals surface area contributed by atoms with Crippen molar-refractivity contribution in [1.29, 1.82) is 5.26 Å². The fourth-order valence-electron chi connectivity index (χ4n) is 5.14. The summed E-state index contributed by atoms with van der Waals surface area (Å²) in [6.07, 6.45) is 8.53. The molecule has 188 valence electrons. The van der Waals surface area contributed by atoms with Gasteiger partial charge in [-0.15, -0.1) is 12.4 Å². The number of carbonyl (C=O) groups excluding carboxylic acids is 1. The Morgan fingerprint density at radius 3 is 2.73 bits per heavy atom. The number of halogens is 1. The van der Waals surface area contributed by atoms with E-state index in [0.29, 0.717) is 23.1 Å². The Labute approximate surface area is 221 Å². The van der Waals surface area contributed by atoms with Gasteiger partial charge in [-0.2, -0.15) is 5.26 Å². The molecule has 0 spiro atoms. The molecule has 2 aliphatic rings. The van der Waals surface area contributed by atoms with E-state index in [1.54, 1.807) is 18.3 Å². The van der Waals surface area contributed by atoms with E-state index in [2.05, 4.69) is 50.2 Å². The summed E-state index contributed by atoms with van der Waals surface area (Å²) in [6, 6.07) is 16.1. The Morgan fingerprint density at radius 1 is 1.08 bits per heavy atom. The highest BCUT2D eigenvalue weighted by Crippen LogP contribution is 2.42. The van der Waals surface area contributed by atoms with Crippen molar-refractivity contribution in [2.24, 2.45) is 0 Å².